The molecule has 3 rings (SSSR count). The van der Waals surface area contributed by atoms with Crippen LogP contribution in [-0.2, 0) is 16.4 Å². The minimum absolute atomic E-state index is 0.0903. The summed E-state index contributed by atoms with van der Waals surface area (Å²) in [6.45, 7) is 2.30. The number of piperidine rings is 1. The molecule has 0 saturated carbocycles. The maximum Gasteiger partial charge on any atom is 0.225 e. The molecule has 130 valence electrons. The van der Waals surface area contributed by atoms with Gasteiger partial charge in [-0.25, -0.2) is 18.4 Å². The molecule has 0 radical (unpaired) electrons. The molecule has 0 bridgehead atoms. The standard InChI is InChI=1S/C16H22N4O3S/c1-20(10-12-5-7-23-11-12)16-18-9-14(24(2,21)22)15(19-16)13-4-3-6-17-8-13/h5,7,9,11,13,17H,3-4,6,8,10H2,1-2H3/t13-/m1/s1. The third-order valence-corrected chi connectivity index (χ3v) is 5.31. The van der Waals surface area contributed by atoms with E-state index in [-0.39, 0.29) is 10.8 Å². The first-order chi connectivity index (χ1) is 11.4. The number of hydrogen-bond donors (Lipinski definition) is 1. The van der Waals surface area contributed by atoms with Crippen LogP contribution >= 0.6 is 0 Å². The third-order valence-electron chi connectivity index (χ3n) is 4.19. The van der Waals surface area contributed by atoms with Crippen LogP contribution in [0.5, 0.6) is 0 Å². The van der Waals surface area contributed by atoms with Crippen molar-refractivity contribution in [2.45, 2.75) is 30.2 Å². The monoisotopic (exact) mass is 350 g/mol. The minimum Gasteiger partial charge on any atom is -0.472 e. The molecule has 1 N–H and O–H groups in total. The Morgan fingerprint density at radius 2 is 2.29 bits per heavy atom. The molecule has 0 aliphatic carbocycles. The average molecular weight is 350 g/mol. The van der Waals surface area contributed by atoms with E-state index in [9.17, 15) is 8.42 Å². The van der Waals surface area contributed by atoms with Gasteiger partial charge in [0, 0.05) is 37.9 Å². The zero-order chi connectivity index (χ0) is 17.2. The quantitative estimate of drug-likeness (QED) is 0.876. The number of nitrogens with zero attached hydrogens (tertiary/aromatic N) is 3. The van der Waals surface area contributed by atoms with Crippen molar-refractivity contribution in [1.29, 1.82) is 0 Å². The van der Waals surface area contributed by atoms with Crippen LogP contribution in [0.1, 0.15) is 30.0 Å². The van der Waals surface area contributed by atoms with Crippen LogP contribution in [0.3, 0.4) is 0 Å². The van der Waals surface area contributed by atoms with Gasteiger partial charge in [0.25, 0.3) is 0 Å². The molecule has 8 heteroatoms. The minimum atomic E-state index is -3.36. The van der Waals surface area contributed by atoms with Crippen molar-refractivity contribution in [3.63, 3.8) is 0 Å². The Morgan fingerprint density at radius 1 is 1.46 bits per heavy atom. The summed E-state index contributed by atoms with van der Waals surface area (Å²) >= 11 is 0. The van der Waals surface area contributed by atoms with Crippen molar-refractivity contribution in [2.24, 2.45) is 0 Å². The average Bonchev–Trinajstić information content (AvgIpc) is 3.07. The van der Waals surface area contributed by atoms with Crippen molar-refractivity contribution in [3.8, 4) is 0 Å². The molecule has 2 aromatic rings. The highest BCUT2D eigenvalue weighted by Crippen LogP contribution is 2.28. The number of rotatable bonds is 5. The molecule has 7 nitrogen and oxygen atoms in total. The van der Waals surface area contributed by atoms with Gasteiger partial charge in [0.1, 0.15) is 4.90 Å². The van der Waals surface area contributed by atoms with Gasteiger partial charge in [-0.1, -0.05) is 0 Å². The molecule has 1 saturated heterocycles. The van der Waals surface area contributed by atoms with Crippen LogP contribution in [-0.4, -0.2) is 44.8 Å². The maximum atomic E-state index is 12.1. The second-order valence-corrected chi connectivity index (χ2v) is 8.21. The van der Waals surface area contributed by atoms with Crippen molar-refractivity contribution in [1.82, 2.24) is 15.3 Å². The van der Waals surface area contributed by atoms with E-state index in [1.54, 1.807) is 12.5 Å². The molecule has 1 fully saturated rings. The molecule has 0 unspecified atom stereocenters. The number of anilines is 1. The first kappa shape index (κ1) is 16.9. The number of sulfone groups is 1. The molecule has 0 aromatic carbocycles. The molecule has 0 amide bonds. The molecule has 2 aromatic heterocycles. The van der Waals surface area contributed by atoms with Crippen LogP contribution in [0.4, 0.5) is 5.95 Å². The predicted molar refractivity (Wildman–Crippen MR) is 90.8 cm³/mol. The second kappa shape index (κ2) is 6.90. The third kappa shape index (κ3) is 3.76. The zero-order valence-corrected chi connectivity index (χ0v) is 14.7. The number of nitrogens with one attached hydrogen (secondary N) is 1. The summed E-state index contributed by atoms with van der Waals surface area (Å²) in [6, 6.07) is 1.88. The van der Waals surface area contributed by atoms with E-state index in [0.717, 1.165) is 31.5 Å². The summed E-state index contributed by atoms with van der Waals surface area (Å²) in [5.41, 5.74) is 1.63. The van der Waals surface area contributed by atoms with Gasteiger partial charge in [-0.05, 0) is 25.5 Å². The normalized spacial score (nSPS) is 18.5. The van der Waals surface area contributed by atoms with Crippen molar-refractivity contribution < 1.29 is 12.8 Å². The summed E-state index contributed by atoms with van der Waals surface area (Å²) in [6.07, 6.45) is 7.88. The van der Waals surface area contributed by atoms with Crippen LogP contribution in [0.2, 0.25) is 0 Å². The summed E-state index contributed by atoms with van der Waals surface area (Å²) in [4.78, 5) is 11.0. The summed E-state index contributed by atoms with van der Waals surface area (Å²) in [5, 5.41) is 3.32. The maximum absolute atomic E-state index is 12.1. The lowest BCUT2D eigenvalue weighted by atomic mass is 9.96. The van der Waals surface area contributed by atoms with Gasteiger partial charge in [0.15, 0.2) is 9.84 Å². The Kier molecular flexibility index (Phi) is 4.86. The number of furan rings is 1. The highest BCUT2D eigenvalue weighted by Gasteiger charge is 2.25. The fourth-order valence-corrected chi connectivity index (χ4v) is 3.79. The van der Waals surface area contributed by atoms with Gasteiger partial charge in [-0.3, -0.25) is 0 Å². The van der Waals surface area contributed by atoms with Gasteiger partial charge in [-0.2, -0.15) is 0 Å². The second-order valence-electron chi connectivity index (χ2n) is 6.22. The Bertz CT molecular complexity index is 784. The fourth-order valence-electron chi connectivity index (χ4n) is 2.95. The topological polar surface area (TPSA) is 88.3 Å². The summed E-state index contributed by atoms with van der Waals surface area (Å²) in [7, 11) is -1.48. The lowest BCUT2D eigenvalue weighted by molar-refractivity contribution is 0.447. The van der Waals surface area contributed by atoms with Crippen molar-refractivity contribution >= 4 is 15.8 Å². The van der Waals surface area contributed by atoms with Crippen LogP contribution in [0, 0.1) is 0 Å². The van der Waals surface area contributed by atoms with Gasteiger partial charge in [0.2, 0.25) is 5.95 Å². The Balaban J connectivity index is 1.94. The summed E-state index contributed by atoms with van der Waals surface area (Å²) in [5.74, 6) is 0.608. The fraction of sp³-hybridized carbons (Fsp3) is 0.500. The first-order valence-electron chi connectivity index (χ1n) is 7.95. The van der Waals surface area contributed by atoms with E-state index in [1.165, 1.54) is 12.5 Å². The molecule has 24 heavy (non-hydrogen) atoms. The van der Waals surface area contributed by atoms with Crippen LogP contribution in [0.25, 0.3) is 0 Å². The lowest BCUT2D eigenvalue weighted by Gasteiger charge is -2.25. The Morgan fingerprint density at radius 3 is 2.92 bits per heavy atom. The predicted octanol–water partition coefficient (Wildman–Crippen LogP) is 1.58. The Hall–Kier alpha value is -1.93. The van der Waals surface area contributed by atoms with Crippen LogP contribution in [0.15, 0.2) is 34.1 Å². The molecule has 1 atom stereocenters. The van der Waals surface area contributed by atoms with E-state index in [0.29, 0.717) is 18.2 Å². The number of hydrogen-bond acceptors (Lipinski definition) is 7. The highest BCUT2D eigenvalue weighted by molar-refractivity contribution is 7.90. The molecule has 0 spiro atoms. The van der Waals surface area contributed by atoms with E-state index < -0.39 is 9.84 Å². The van der Waals surface area contributed by atoms with Gasteiger partial charge in [0.05, 0.1) is 24.4 Å². The largest absolute Gasteiger partial charge is 0.472 e. The molecule has 3 heterocycles. The molecular formula is C16H22N4O3S. The van der Waals surface area contributed by atoms with Crippen molar-refractivity contribution in [2.75, 3.05) is 31.3 Å². The molecule has 1 aliphatic heterocycles. The van der Waals surface area contributed by atoms with Crippen molar-refractivity contribution in [3.05, 3.63) is 36.0 Å². The zero-order valence-electron chi connectivity index (χ0n) is 13.9. The van der Waals surface area contributed by atoms with Gasteiger partial charge < -0.3 is 14.6 Å². The lowest BCUT2D eigenvalue weighted by Crippen LogP contribution is -2.30. The van der Waals surface area contributed by atoms with E-state index in [2.05, 4.69) is 15.3 Å². The highest BCUT2D eigenvalue weighted by atomic mass is 32.2. The Labute approximate surface area is 142 Å². The van der Waals surface area contributed by atoms with E-state index in [4.69, 9.17) is 4.42 Å². The number of aromatic nitrogens is 2. The van der Waals surface area contributed by atoms with E-state index in [1.807, 2.05) is 18.0 Å². The SMILES string of the molecule is CN(Cc1ccoc1)c1ncc(S(C)(=O)=O)c([C@@H]2CCCNC2)n1. The summed E-state index contributed by atoms with van der Waals surface area (Å²) < 4.78 is 29.3. The smallest absolute Gasteiger partial charge is 0.225 e. The van der Waals surface area contributed by atoms with Gasteiger partial charge >= 0.3 is 0 Å². The molecular weight excluding hydrogens is 328 g/mol. The first-order valence-corrected chi connectivity index (χ1v) is 9.84. The van der Waals surface area contributed by atoms with Crippen LogP contribution < -0.4 is 10.2 Å². The molecule has 1 aliphatic rings. The van der Waals surface area contributed by atoms with Gasteiger partial charge in [-0.15, -0.1) is 0 Å². The van der Waals surface area contributed by atoms with E-state index >= 15 is 0 Å².